The van der Waals surface area contributed by atoms with Crippen LogP contribution in [-0.2, 0) is 6.54 Å². The highest BCUT2D eigenvalue weighted by molar-refractivity contribution is 5.76. The van der Waals surface area contributed by atoms with Crippen LogP contribution in [0.25, 0.3) is 0 Å². The van der Waals surface area contributed by atoms with Crippen molar-refractivity contribution < 1.29 is 4.79 Å². The standard InChI is InChI=1S/C12H16N2O.C7H8/c1-10-4-3-5-11(8-10)9-14-7-6-13(2)12(14)15;1-7-5-3-2-4-6-7/h3-5,8H,6-7,9H2,1-2H3;2-6H,1H3. The molecule has 0 bridgehead atoms. The maximum absolute atomic E-state index is 11.6. The molecule has 3 heteroatoms. The zero-order valence-corrected chi connectivity index (χ0v) is 13.6. The summed E-state index contributed by atoms with van der Waals surface area (Å²) >= 11 is 0. The van der Waals surface area contributed by atoms with E-state index < -0.39 is 0 Å². The van der Waals surface area contributed by atoms with Crippen LogP contribution < -0.4 is 0 Å². The van der Waals surface area contributed by atoms with Crippen LogP contribution in [0.1, 0.15) is 16.7 Å². The number of amides is 2. The molecule has 1 aliphatic rings. The third-order valence-electron chi connectivity index (χ3n) is 3.70. The molecule has 0 aromatic heterocycles. The first kappa shape index (κ1) is 16.1. The predicted octanol–water partition coefficient (Wildman–Crippen LogP) is 3.86. The molecular weight excluding hydrogens is 272 g/mol. The predicted molar refractivity (Wildman–Crippen MR) is 90.8 cm³/mol. The quantitative estimate of drug-likeness (QED) is 0.825. The van der Waals surface area contributed by atoms with E-state index in [0.717, 1.165) is 19.6 Å². The molecule has 0 atom stereocenters. The lowest BCUT2D eigenvalue weighted by molar-refractivity contribution is 0.197. The Labute approximate surface area is 133 Å². The summed E-state index contributed by atoms with van der Waals surface area (Å²) in [7, 11) is 1.85. The molecule has 1 saturated heterocycles. The first-order valence-corrected chi connectivity index (χ1v) is 7.63. The van der Waals surface area contributed by atoms with Gasteiger partial charge in [-0.25, -0.2) is 4.79 Å². The lowest BCUT2D eigenvalue weighted by Gasteiger charge is -2.16. The summed E-state index contributed by atoms with van der Waals surface area (Å²) in [6.45, 7) is 6.56. The fourth-order valence-electron chi connectivity index (χ4n) is 2.42. The Hall–Kier alpha value is -2.29. The van der Waals surface area contributed by atoms with Gasteiger partial charge in [-0.05, 0) is 19.4 Å². The Balaban J connectivity index is 0.000000211. The fraction of sp³-hybridized carbons (Fsp3) is 0.316. The van der Waals surface area contributed by atoms with E-state index in [2.05, 4.69) is 44.2 Å². The van der Waals surface area contributed by atoms with Gasteiger partial charge in [-0.3, -0.25) is 0 Å². The maximum Gasteiger partial charge on any atom is 0.320 e. The number of rotatable bonds is 2. The van der Waals surface area contributed by atoms with Crippen LogP contribution in [0.2, 0.25) is 0 Å². The molecule has 1 heterocycles. The van der Waals surface area contributed by atoms with Gasteiger partial charge in [0.2, 0.25) is 0 Å². The topological polar surface area (TPSA) is 23.6 Å². The highest BCUT2D eigenvalue weighted by atomic mass is 16.2. The van der Waals surface area contributed by atoms with Crippen molar-refractivity contribution in [1.82, 2.24) is 9.80 Å². The van der Waals surface area contributed by atoms with Crippen molar-refractivity contribution in [3.8, 4) is 0 Å². The smallest absolute Gasteiger partial charge is 0.320 e. The Morgan fingerprint density at radius 1 is 0.909 bits per heavy atom. The van der Waals surface area contributed by atoms with E-state index in [4.69, 9.17) is 0 Å². The third-order valence-corrected chi connectivity index (χ3v) is 3.70. The molecule has 1 aliphatic heterocycles. The SMILES string of the molecule is Cc1cccc(CN2CCN(C)C2=O)c1.Cc1ccccc1. The van der Waals surface area contributed by atoms with E-state index >= 15 is 0 Å². The summed E-state index contributed by atoms with van der Waals surface area (Å²) in [6, 6.07) is 18.7. The normalized spacial score (nSPS) is 13.9. The van der Waals surface area contributed by atoms with Crippen molar-refractivity contribution in [2.45, 2.75) is 20.4 Å². The van der Waals surface area contributed by atoms with Gasteiger partial charge in [0.25, 0.3) is 0 Å². The van der Waals surface area contributed by atoms with Gasteiger partial charge in [0, 0.05) is 26.7 Å². The second kappa shape index (κ2) is 7.64. The molecule has 0 N–H and O–H groups in total. The minimum Gasteiger partial charge on any atom is -0.326 e. The van der Waals surface area contributed by atoms with E-state index in [-0.39, 0.29) is 6.03 Å². The second-order valence-corrected chi connectivity index (χ2v) is 5.77. The van der Waals surface area contributed by atoms with Crippen molar-refractivity contribution in [2.24, 2.45) is 0 Å². The van der Waals surface area contributed by atoms with Crippen LogP contribution in [0, 0.1) is 13.8 Å². The van der Waals surface area contributed by atoms with Crippen LogP contribution >= 0.6 is 0 Å². The zero-order valence-electron chi connectivity index (χ0n) is 13.6. The molecule has 3 rings (SSSR count). The zero-order chi connectivity index (χ0) is 15.9. The van der Waals surface area contributed by atoms with E-state index in [9.17, 15) is 4.79 Å². The first-order valence-electron chi connectivity index (χ1n) is 7.63. The molecule has 3 nitrogen and oxygen atoms in total. The van der Waals surface area contributed by atoms with Crippen molar-refractivity contribution in [1.29, 1.82) is 0 Å². The number of hydrogen-bond acceptors (Lipinski definition) is 1. The lowest BCUT2D eigenvalue weighted by Crippen LogP contribution is -2.28. The molecule has 1 fully saturated rings. The number of carbonyl (C=O) groups excluding carboxylic acids is 1. The summed E-state index contributed by atoms with van der Waals surface area (Å²) in [4.78, 5) is 15.3. The molecule has 22 heavy (non-hydrogen) atoms. The minimum atomic E-state index is 0.136. The Morgan fingerprint density at radius 3 is 2.09 bits per heavy atom. The summed E-state index contributed by atoms with van der Waals surface area (Å²) in [6.07, 6.45) is 0. The molecule has 0 radical (unpaired) electrons. The van der Waals surface area contributed by atoms with Gasteiger partial charge in [0.1, 0.15) is 0 Å². The lowest BCUT2D eigenvalue weighted by atomic mass is 10.1. The molecule has 0 unspecified atom stereocenters. The number of aryl methyl sites for hydroxylation is 2. The number of nitrogens with zero attached hydrogens (tertiary/aromatic N) is 2. The molecule has 0 spiro atoms. The average molecular weight is 296 g/mol. The highest BCUT2D eigenvalue weighted by Crippen LogP contribution is 2.12. The minimum absolute atomic E-state index is 0.136. The van der Waals surface area contributed by atoms with E-state index in [1.165, 1.54) is 16.7 Å². The van der Waals surface area contributed by atoms with Gasteiger partial charge in [-0.2, -0.15) is 0 Å². The monoisotopic (exact) mass is 296 g/mol. The highest BCUT2D eigenvalue weighted by Gasteiger charge is 2.24. The molecule has 2 aromatic carbocycles. The van der Waals surface area contributed by atoms with E-state index in [1.807, 2.05) is 36.2 Å². The molecule has 2 amide bonds. The van der Waals surface area contributed by atoms with Crippen molar-refractivity contribution in [3.63, 3.8) is 0 Å². The third kappa shape index (κ3) is 4.62. The Kier molecular flexibility index (Phi) is 5.59. The van der Waals surface area contributed by atoms with Crippen LogP contribution in [0.15, 0.2) is 54.6 Å². The van der Waals surface area contributed by atoms with Gasteiger partial charge < -0.3 is 9.80 Å². The summed E-state index contributed by atoms with van der Waals surface area (Å²) in [5, 5.41) is 0. The number of likely N-dealkylation sites (N-methyl/N-ethyl adjacent to an activating group) is 1. The number of carbonyl (C=O) groups is 1. The van der Waals surface area contributed by atoms with Crippen LogP contribution in [0.5, 0.6) is 0 Å². The van der Waals surface area contributed by atoms with Gasteiger partial charge in [-0.1, -0.05) is 65.7 Å². The summed E-state index contributed by atoms with van der Waals surface area (Å²) in [5.41, 5.74) is 3.77. The van der Waals surface area contributed by atoms with Gasteiger partial charge in [0.15, 0.2) is 0 Å². The van der Waals surface area contributed by atoms with Crippen LogP contribution in [-0.4, -0.2) is 36.0 Å². The first-order chi connectivity index (χ1) is 10.6. The molecular formula is C19H24N2O. The van der Waals surface area contributed by atoms with Crippen LogP contribution in [0.4, 0.5) is 4.79 Å². The number of urea groups is 1. The Morgan fingerprint density at radius 2 is 1.59 bits per heavy atom. The van der Waals surface area contributed by atoms with Crippen molar-refractivity contribution in [2.75, 3.05) is 20.1 Å². The molecule has 0 aliphatic carbocycles. The van der Waals surface area contributed by atoms with E-state index in [1.54, 1.807) is 4.90 Å². The molecule has 2 aromatic rings. The van der Waals surface area contributed by atoms with E-state index in [0.29, 0.717) is 0 Å². The van der Waals surface area contributed by atoms with Crippen molar-refractivity contribution in [3.05, 3.63) is 71.3 Å². The summed E-state index contributed by atoms with van der Waals surface area (Å²) in [5.74, 6) is 0. The number of hydrogen-bond donors (Lipinski definition) is 0. The molecule has 116 valence electrons. The van der Waals surface area contributed by atoms with Crippen molar-refractivity contribution >= 4 is 6.03 Å². The largest absolute Gasteiger partial charge is 0.326 e. The maximum atomic E-state index is 11.6. The average Bonchev–Trinajstić information content (AvgIpc) is 2.81. The van der Waals surface area contributed by atoms with Gasteiger partial charge >= 0.3 is 6.03 Å². The fourth-order valence-corrected chi connectivity index (χ4v) is 2.42. The summed E-state index contributed by atoms with van der Waals surface area (Å²) < 4.78 is 0. The van der Waals surface area contributed by atoms with Crippen LogP contribution in [0.3, 0.4) is 0 Å². The molecule has 0 saturated carbocycles. The Bertz CT molecular complexity index is 610. The van der Waals surface area contributed by atoms with Gasteiger partial charge in [0.05, 0.1) is 0 Å². The number of benzene rings is 2. The van der Waals surface area contributed by atoms with Gasteiger partial charge in [-0.15, -0.1) is 0 Å². The second-order valence-electron chi connectivity index (χ2n) is 5.77.